The van der Waals surface area contributed by atoms with Gasteiger partial charge in [0.15, 0.2) is 0 Å². The van der Waals surface area contributed by atoms with Crippen LogP contribution in [-0.4, -0.2) is 19.6 Å². The number of rotatable bonds is 4. The number of hydrogen-bond donors (Lipinski definition) is 1. The Labute approximate surface area is 91.0 Å². The number of benzene rings is 1. The maximum Gasteiger partial charge on any atom is 0.522 e. The summed E-state index contributed by atoms with van der Waals surface area (Å²) >= 11 is 0. The van der Waals surface area contributed by atoms with E-state index in [2.05, 4.69) is 4.74 Å². The van der Waals surface area contributed by atoms with Gasteiger partial charge in [-0.1, -0.05) is 0 Å². The molecule has 1 rings (SSSR count). The molecule has 0 unspecified atom stereocenters. The van der Waals surface area contributed by atoms with Crippen LogP contribution in [0.1, 0.15) is 5.56 Å². The first-order chi connectivity index (χ1) is 7.38. The fourth-order valence-corrected chi connectivity index (χ4v) is 1.05. The zero-order valence-electron chi connectivity index (χ0n) is 8.67. The van der Waals surface area contributed by atoms with E-state index in [-0.39, 0.29) is 6.61 Å². The number of hydrogen-bond acceptors (Lipinski definition) is 3. The fraction of sp³-hybridized carbons (Fsp3) is 0.400. The standard InChI is InChI=1S/C10H12F3NO2/c1-7-6-8(2-3-9(7)14)15-4-5-16-10(11,12)13/h2-3,6H,4-5,14H2,1H3. The quantitative estimate of drug-likeness (QED) is 0.644. The zero-order chi connectivity index (χ0) is 12.2. The summed E-state index contributed by atoms with van der Waals surface area (Å²) in [4.78, 5) is 0. The molecule has 0 radical (unpaired) electrons. The number of ether oxygens (including phenoxy) is 2. The van der Waals surface area contributed by atoms with Crippen LogP contribution in [0, 0.1) is 6.92 Å². The SMILES string of the molecule is Cc1cc(OCCOC(F)(F)F)ccc1N. The van der Waals surface area contributed by atoms with Gasteiger partial charge in [0.2, 0.25) is 0 Å². The molecule has 3 nitrogen and oxygen atoms in total. The first kappa shape index (κ1) is 12.6. The highest BCUT2D eigenvalue weighted by Gasteiger charge is 2.28. The highest BCUT2D eigenvalue weighted by atomic mass is 19.4. The Kier molecular flexibility index (Phi) is 4.00. The highest BCUT2D eigenvalue weighted by molar-refractivity contribution is 5.49. The summed E-state index contributed by atoms with van der Waals surface area (Å²) < 4.78 is 43.4. The lowest BCUT2D eigenvalue weighted by Crippen LogP contribution is -2.18. The third-order valence-corrected chi connectivity index (χ3v) is 1.86. The molecule has 0 saturated carbocycles. The van der Waals surface area contributed by atoms with E-state index in [4.69, 9.17) is 10.5 Å². The van der Waals surface area contributed by atoms with Gasteiger partial charge in [-0.25, -0.2) is 0 Å². The van der Waals surface area contributed by atoms with Crippen molar-refractivity contribution in [1.82, 2.24) is 0 Å². The molecular weight excluding hydrogens is 223 g/mol. The lowest BCUT2D eigenvalue weighted by atomic mass is 10.2. The summed E-state index contributed by atoms with van der Waals surface area (Å²) in [5.41, 5.74) is 7.00. The molecule has 0 fully saturated rings. The molecule has 1 aromatic rings. The Bertz CT molecular complexity index is 352. The van der Waals surface area contributed by atoms with Crippen molar-refractivity contribution in [3.8, 4) is 5.75 Å². The number of nitrogen functional groups attached to an aromatic ring is 1. The van der Waals surface area contributed by atoms with Gasteiger partial charge in [-0.05, 0) is 30.7 Å². The minimum absolute atomic E-state index is 0.164. The maximum atomic E-state index is 11.6. The normalized spacial score (nSPS) is 11.5. The largest absolute Gasteiger partial charge is 0.522 e. The first-order valence-electron chi connectivity index (χ1n) is 4.58. The van der Waals surface area contributed by atoms with E-state index in [1.807, 2.05) is 0 Å². The number of alkyl halides is 3. The van der Waals surface area contributed by atoms with E-state index < -0.39 is 13.0 Å². The van der Waals surface area contributed by atoms with Crippen molar-refractivity contribution in [3.63, 3.8) is 0 Å². The molecular formula is C10H12F3NO2. The van der Waals surface area contributed by atoms with Crippen LogP contribution in [0.25, 0.3) is 0 Å². The van der Waals surface area contributed by atoms with Crippen molar-refractivity contribution in [1.29, 1.82) is 0 Å². The number of aryl methyl sites for hydroxylation is 1. The molecule has 0 spiro atoms. The van der Waals surface area contributed by atoms with Gasteiger partial charge in [0, 0.05) is 5.69 Å². The molecule has 2 N–H and O–H groups in total. The molecule has 0 bridgehead atoms. The van der Waals surface area contributed by atoms with Crippen LogP contribution >= 0.6 is 0 Å². The second kappa shape index (κ2) is 5.07. The van der Waals surface area contributed by atoms with Gasteiger partial charge in [-0.15, -0.1) is 13.2 Å². The lowest BCUT2D eigenvalue weighted by Gasteiger charge is -2.10. The molecule has 6 heteroatoms. The topological polar surface area (TPSA) is 44.5 Å². The highest BCUT2D eigenvalue weighted by Crippen LogP contribution is 2.19. The Morgan fingerprint density at radius 3 is 2.50 bits per heavy atom. The number of anilines is 1. The molecule has 0 saturated heterocycles. The number of nitrogens with two attached hydrogens (primary N) is 1. The molecule has 16 heavy (non-hydrogen) atoms. The summed E-state index contributed by atoms with van der Waals surface area (Å²) in [7, 11) is 0. The Morgan fingerprint density at radius 1 is 1.25 bits per heavy atom. The molecule has 0 aromatic heterocycles. The van der Waals surface area contributed by atoms with Crippen molar-refractivity contribution in [3.05, 3.63) is 23.8 Å². The Hall–Kier alpha value is -1.43. The second-order valence-electron chi connectivity index (χ2n) is 3.16. The van der Waals surface area contributed by atoms with Crippen molar-refractivity contribution >= 4 is 5.69 Å². The molecule has 0 heterocycles. The van der Waals surface area contributed by atoms with Crippen LogP contribution in [0.3, 0.4) is 0 Å². The van der Waals surface area contributed by atoms with Crippen molar-refractivity contribution < 1.29 is 22.6 Å². The Balaban J connectivity index is 2.35. The summed E-state index contributed by atoms with van der Waals surface area (Å²) in [5.74, 6) is 0.470. The third kappa shape index (κ3) is 4.39. The predicted molar refractivity (Wildman–Crippen MR) is 53.1 cm³/mol. The summed E-state index contributed by atoms with van der Waals surface area (Å²) in [6, 6.07) is 4.88. The molecule has 0 atom stereocenters. The van der Waals surface area contributed by atoms with Crippen LogP contribution in [0.4, 0.5) is 18.9 Å². The van der Waals surface area contributed by atoms with E-state index >= 15 is 0 Å². The van der Waals surface area contributed by atoms with Gasteiger partial charge in [0.1, 0.15) is 12.4 Å². The van der Waals surface area contributed by atoms with Crippen LogP contribution < -0.4 is 10.5 Å². The third-order valence-electron chi connectivity index (χ3n) is 1.86. The molecule has 1 aromatic carbocycles. The molecule has 90 valence electrons. The van der Waals surface area contributed by atoms with Crippen LogP contribution in [-0.2, 0) is 4.74 Å². The predicted octanol–water partition coefficient (Wildman–Crippen LogP) is 2.49. The average molecular weight is 235 g/mol. The summed E-state index contributed by atoms with van der Waals surface area (Å²) in [5, 5.41) is 0. The first-order valence-corrected chi connectivity index (χ1v) is 4.58. The zero-order valence-corrected chi connectivity index (χ0v) is 8.67. The molecule has 0 aliphatic heterocycles. The van der Waals surface area contributed by atoms with Crippen LogP contribution in [0.2, 0.25) is 0 Å². The van der Waals surface area contributed by atoms with Gasteiger partial charge >= 0.3 is 6.36 Å². The van der Waals surface area contributed by atoms with E-state index in [9.17, 15) is 13.2 Å². The van der Waals surface area contributed by atoms with Crippen LogP contribution in [0.5, 0.6) is 5.75 Å². The van der Waals surface area contributed by atoms with Crippen molar-refractivity contribution in [2.75, 3.05) is 18.9 Å². The van der Waals surface area contributed by atoms with Crippen LogP contribution in [0.15, 0.2) is 18.2 Å². The molecule has 0 aliphatic rings. The lowest BCUT2D eigenvalue weighted by molar-refractivity contribution is -0.325. The molecule has 0 amide bonds. The molecule has 0 aliphatic carbocycles. The monoisotopic (exact) mass is 235 g/mol. The Morgan fingerprint density at radius 2 is 1.94 bits per heavy atom. The smallest absolute Gasteiger partial charge is 0.491 e. The van der Waals surface area contributed by atoms with E-state index in [0.717, 1.165) is 5.56 Å². The van der Waals surface area contributed by atoms with Crippen molar-refractivity contribution in [2.45, 2.75) is 13.3 Å². The average Bonchev–Trinajstić information content (AvgIpc) is 2.17. The van der Waals surface area contributed by atoms with E-state index in [1.54, 1.807) is 25.1 Å². The summed E-state index contributed by atoms with van der Waals surface area (Å²) in [6.07, 6.45) is -4.61. The van der Waals surface area contributed by atoms with Gasteiger partial charge in [0.05, 0.1) is 6.61 Å². The van der Waals surface area contributed by atoms with Gasteiger partial charge in [0.25, 0.3) is 0 Å². The second-order valence-corrected chi connectivity index (χ2v) is 3.16. The summed E-state index contributed by atoms with van der Waals surface area (Å²) in [6.45, 7) is 1.09. The van der Waals surface area contributed by atoms with Crippen molar-refractivity contribution in [2.24, 2.45) is 0 Å². The number of halogens is 3. The van der Waals surface area contributed by atoms with Gasteiger partial charge in [-0.3, -0.25) is 4.74 Å². The maximum absolute atomic E-state index is 11.6. The minimum Gasteiger partial charge on any atom is -0.491 e. The van der Waals surface area contributed by atoms with Gasteiger partial charge in [-0.2, -0.15) is 0 Å². The van der Waals surface area contributed by atoms with E-state index in [1.165, 1.54) is 0 Å². The van der Waals surface area contributed by atoms with E-state index in [0.29, 0.717) is 11.4 Å². The fourth-order valence-electron chi connectivity index (χ4n) is 1.05. The van der Waals surface area contributed by atoms with Gasteiger partial charge < -0.3 is 10.5 Å². The minimum atomic E-state index is -4.61.